The summed E-state index contributed by atoms with van der Waals surface area (Å²) in [6.45, 7) is 3.69. The van der Waals surface area contributed by atoms with Gasteiger partial charge in [0.1, 0.15) is 22.8 Å². The molecule has 0 radical (unpaired) electrons. The summed E-state index contributed by atoms with van der Waals surface area (Å²) in [6.07, 6.45) is 0.295. The molecule has 3 aromatic rings. The summed E-state index contributed by atoms with van der Waals surface area (Å²) in [5.74, 6) is 0.191. The van der Waals surface area contributed by atoms with Gasteiger partial charge in [0.2, 0.25) is 0 Å². The van der Waals surface area contributed by atoms with Gasteiger partial charge < -0.3 is 9.52 Å². The lowest BCUT2D eigenvalue weighted by Gasteiger charge is -2.20. The highest BCUT2D eigenvalue weighted by Gasteiger charge is 2.28. The smallest absolute Gasteiger partial charge is 0.136 e. The Balaban J connectivity index is 1.95. The third kappa shape index (κ3) is 2.83. The summed E-state index contributed by atoms with van der Waals surface area (Å²) in [5.41, 5.74) is 1.44. The van der Waals surface area contributed by atoms with Crippen molar-refractivity contribution in [1.82, 2.24) is 0 Å². The molecule has 0 aliphatic rings. The van der Waals surface area contributed by atoms with Crippen LogP contribution < -0.4 is 0 Å². The predicted molar refractivity (Wildman–Crippen MR) is 80.6 cm³/mol. The summed E-state index contributed by atoms with van der Waals surface area (Å²) in [5, 5.41) is 11.6. The average Bonchev–Trinajstić information content (AvgIpc) is 2.82. The van der Waals surface area contributed by atoms with Crippen LogP contribution in [0.3, 0.4) is 0 Å². The van der Waals surface area contributed by atoms with E-state index in [4.69, 9.17) is 4.42 Å². The van der Waals surface area contributed by atoms with Crippen molar-refractivity contribution in [2.75, 3.05) is 0 Å². The maximum Gasteiger partial charge on any atom is 0.136 e. The third-order valence-electron chi connectivity index (χ3n) is 3.64. The van der Waals surface area contributed by atoms with Gasteiger partial charge in [-0.1, -0.05) is 23.8 Å². The van der Waals surface area contributed by atoms with E-state index in [0.717, 1.165) is 22.1 Å². The van der Waals surface area contributed by atoms with Crippen molar-refractivity contribution in [3.05, 3.63) is 71.2 Å². The molecule has 3 heteroatoms. The van der Waals surface area contributed by atoms with Crippen LogP contribution in [0.25, 0.3) is 11.0 Å². The molecule has 0 amide bonds. The number of benzene rings is 2. The predicted octanol–water partition coefficient (Wildman–Crippen LogP) is 4.33. The average molecular weight is 284 g/mol. The molecule has 0 saturated heterocycles. The molecule has 0 aliphatic heterocycles. The number of hydrogen-bond acceptors (Lipinski definition) is 2. The Morgan fingerprint density at radius 1 is 1.14 bits per heavy atom. The number of halogens is 1. The van der Waals surface area contributed by atoms with E-state index >= 15 is 0 Å². The Bertz CT molecular complexity index is 787. The number of aliphatic hydroxyl groups is 1. The second kappa shape index (κ2) is 5.01. The number of rotatable bonds is 3. The minimum atomic E-state index is -1.18. The molecular formula is C18H17FO2. The van der Waals surface area contributed by atoms with Crippen LogP contribution in [0.15, 0.2) is 52.9 Å². The van der Waals surface area contributed by atoms with E-state index in [-0.39, 0.29) is 5.82 Å². The Kier molecular flexibility index (Phi) is 3.30. The van der Waals surface area contributed by atoms with Crippen molar-refractivity contribution < 1.29 is 13.9 Å². The van der Waals surface area contributed by atoms with Crippen LogP contribution in [0.1, 0.15) is 23.8 Å². The maximum atomic E-state index is 13.3. The minimum absolute atomic E-state index is 0.295. The summed E-state index contributed by atoms with van der Waals surface area (Å²) in [7, 11) is 0. The van der Waals surface area contributed by atoms with E-state index in [2.05, 4.69) is 0 Å². The van der Waals surface area contributed by atoms with Crippen LogP contribution in [0.5, 0.6) is 0 Å². The minimum Gasteiger partial charge on any atom is -0.458 e. The summed E-state index contributed by atoms with van der Waals surface area (Å²) in [4.78, 5) is 0. The molecule has 1 unspecified atom stereocenters. The van der Waals surface area contributed by atoms with Crippen molar-refractivity contribution in [3.8, 4) is 0 Å². The molecule has 0 fully saturated rings. The van der Waals surface area contributed by atoms with Gasteiger partial charge in [-0.05, 0) is 49.7 Å². The molecule has 21 heavy (non-hydrogen) atoms. The largest absolute Gasteiger partial charge is 0.458 e. The highest BCUT2D eigenvalue weighted by Crippen LogP contribution is 2.31. The summed E-state index contributed by atoms with van der Waals surface area (Å²) >= 11 is 0. The topological polar surface area (TPSA) is 33.4 Å². The Morgan fingerprint density at radius 2 is 1.95 bits per heavy atom. The highest BCUT2D eigenvalue weighted by atomic mass is 19.1. The number of hydrogen-bond donors (Lipinski definition) is 1. The first-order chi connectivity index (χ1) is 9.94. The van der Waals surface area contributed by atoms with Gasteiger partial charge in [-0.15, -0.1) is 0 Å². The van der Waals surface area contributed by atoms with Gasteiger partial charge >= 0.3 is 0 Å². The fraction of sp³-hybridized carbons (Fsp3) is 0.222. The Labute approximate surface area is 122 Å². The van der Waals surface area contributed by atoms with Gasteiger partial charge in [0.05, 0.1) is 0 Å². The molecule has 0 bridgehead atoms. The third-order valence-corrected chi connectivity index (χ3v) is 3.64. The Morgan fingerprint density at radius 3 is 2.71 bits per heavy atom. The monoisotopic (exact) mass is 284 g/mol. The van der Waals surface area contributed by atoms with Crippen molar-refractivity contribution in [2.24, 2.45) is 0 Å². The first-order valence-electron chi connectivity index (χ1n) is 6.91. The van der Waals surface area contributed by atoms with E-state index in [1.54, 1.807) is 19.1 Å². The quantitative estimate of drug-likeness (QED) is 0.776. The van der Waals surface area contributed by atoms with Crippen LogP contribution in [-0.2, 0) is 12.0 Å². The zero-order chi connectivity index (χ0) is 15.0. The number of aryl methyl sites for hydroxylation is 1. The van der Waals surface area contributed by atoms with Crippen LogP contribution in [0.4, 0.5) is 4.39 Å². The van der Waals surface area contributed by atoms with E-state index in [9.17, 15) is 9.50 Å². The molecule has 1 aromatic heterocycles. The molecule has 108 valence electrons. The van der Waals surface area contributed by atoms with Crippen molar-refractivity contribution >= 4 is 11.0 Å². The molecule has 0 saturated carbocycles. The first kappa shape index (κ1) is 13.8. The van der Waals surface area contributed by atoms with E-state index in [1.807, 2.05) is 31.2 Å². The zero-order valence-corrected chi connectivity index (χ0v) is 12.1. The summed E-state index contributed by atoms with van der Waals surface area (Å²) in [6, 6.07) is 14.0. The molecule has 3 rings (SSSR count). The van der Waals surface area contributed by atoms with Gasteiger partial charge in [0.25, 0.3) is 0 Å². The van der Waals surface area contributed by atoms with E-state index in [1.165, 1.54) is 12.1 Å². The zero-order valence-electron chi connectivity index (χ0n) is 12.1. The molecule has 2 aromatic carbocycles. The van der Waals surface area contributed by atoms with Gasteiger partial charge in [0, 0.05) is 11.8 Å². The SMILES string of the molecule is Cc1ccc2oc(C(C)(O)Cc3cccc(F)c3)cc2c1. The maximum absolute atomic E-state index is 13.3. The lowest BCUT2D eigenvalue weighted by molar-refractivity contribution is 0.0360. The van der Waals surface area contributed by atoms with Crippen LogP contribution in [0.2, 0.25) is 0 Å². The fourth-order valence-electron chi connectivity index (χ4n) is 2.56. The standard InChI is InChI=1S/C18H17FO2/c1-12-6-7-16-14(8-12)10-17(21-16)18(2,20)11-13-4-3-5-15(19)9-13/h3-10,20H,11H2,1-2H3. The van der Waals surface area contributed by atoms with Crippen LogP contribution in [0, 0.1) is 12.7 Å². The van der Waals surface area contributed by atoms with Gasteiger partial charge in [-0.2, -0.15) is 0 Å². The molecule has 2 nitrogen and oxygen atoms in total. The first-order valence-corrected chi connectivity index (χ1v) is 6.91. The number of furan rings is 1. The molecular weight excluding hydrogens is 267 g/mol. The van der Waals surface area contributed by atoms with Crippen molar-refractivity contribution in [1.29, 1.82) is 0 Å². The molecule has 1 atom stereocenters. The molecule has 0 aliphatic carbocycles. The second-order valence-corrected chi connectivity index (χ2v) is 5.73. The lowest BCUT2D eigenvalue weighted by Crippen LogP contribution is -2.23. The van der Waals surface area contributed by atoms with Crippen molar-refractivity contribution in [2.45, 2.75) is 25.9 Å². The molecule has 0 spiro atoms. The van der Waals surface area contributed by atoms with Crippen LogP contribution in [-0.4, -0.2) is 5.11 Å². The van der Waals surface area contributed by atoms with Crippen LogP contribution >= 0.6 is 0 Å². The normalized spacial score (nSPS) is 14.3. The lowest BCUT2D eigenvalue weighted by atomic mass is 9.94. The Hall–Kier alpha value is -2.13. The highest BCUT2D eigenvalue weighted by molar-refractivity contribution is 5.78. The van der Waals surface area contributed by atoms with E-state index < -0.39 is 5.60 Å². The van der Waals surface area contributed by atoms with E-state index in [0.29, 0.717) is 12.2 Å². The van der Waals surface area contributed by atoms with Crippen molar-refractivity contribution in [3.63, 3.8) is 0 Å². The fourth-order valence-corrected chi connectivity index (χ4v) is 2.56. The van der Waals surface area contributed by atoms with Gasteiger partial charge in [-0.3, -0.25) is 0 Å². The van der Waals surface area contributed by atoms with Gasteiger partial charge in [-0.25, -0.2) is 4.39 Å². The van der Waals surface area contributed by atoms with Gasteiger partial charge in [0.15, 0.2) is 0 Å². The molecule has 1 heterocycles. The summed E-state index contributed by atoms with van der Waals surface area (Å²) < 4.78 is 19.0. The molecule has 1 N–H and O–H groups in total. The number of fused-ring (bicyclic) bond motifs is 1. The second-order valence-electron chi connectivity index (χ2n) is 5.73.